The van der Waals surface area contributed by atoms with Crippen LogP contribution in [0.3, 0.4) is 0 Å². The molecule has 2 aromatic carbocycles. The third kappa shape index (κ3) is 6.83. The fourth-order valence-corrected chi connectivity index (χ4v) is 4.83. The number of sulfonamides is 1. The van der Waals surface area contributed by atoms with Crippen LogP contribution in [0, 0.1) is 5.82 Å². The standard InChI is InChI=1S/C22H29FN4O3S/c1-22(2,3)27-31(29,30)18-10-7-15(8-11-18)9-12-21(28)24-20-14-19(25-26-20)16-5-4-6-17(23)13-16/h4-8,10-11,13,19-20,25-27H,9,12,14H2,1-3H3,(H,24,28). The first kappa shape index (κ1) is 23.3. The van der Waals surface area contributed by atoms with E-state index in [1.165, 1.54) is 12.1 Å². The second-order valence-electron chi connectivity index (χ2n) is 8.75. The van der Waals surface area contributed by atoms with Crippen molar-refractivity contribution in [1.82, 2.24) is 20.9 Å². The van der Waals surface area contributed by atoms with Crippen molar-refractivity contribution in [2.24, 2.45) is 0 Å². The SMILES string of the molecule is CC(C)(C)NS(=O)(=O)c1ccc(CCC(=O)NC2CC(c3cccc(F)c3)NN2)cc1. The topological polar surface area (TPSA) is 99.3 Å². The summed E-state index contributed by atoms with van der Waals surface area (Å²) in [5.74, 6) is -0.412. The Bertz CT molecular complexity index is 1020. The van der Waals surface area contributed by atoms with Crippen LogP contribution in [-0.4, -0.2) is 26.0 Å². The molecule has 1 heterocycles. The number of nitrogens with one attached hydrogen (secondary N) is 4. The number of rotatable bonds is 7. The van der Waals surface area contributed by atoms with Gasteiger partial charge in [-0.15, -0.1) is 0 Å². The van der Waals surface area contributed by atoms with Gasteiger partial charge in [0.15, 0.2) is 0 Å². The van der Waals surface area contributed by atoms with Gasteiger partial charge in [0.1, 0.15) is 5.82 Å². The number of benzene rings is 2. The lowest BCUT2D eigenvalue weighted by atomic mass is 10.0. The fraction of sp³-hybridized carbons (Fsp3) is 0.409. The fourth-order valence-electron chi connectivity index (χ4n) is 3.41. The second-order valence-corrected chi connectivity index (χ2v) is 10.4. The Morgan fingerprint density at radius 1 is 1.13 bits per heavy atom. The lowest BCUT2D eigenvalue weighted by molar-refractivity contribution is -0.121. The summed E-state index contributed by atoms with van der Waals surface area (Å²) in [6.45, 7) is 5.35. The summed E-state index contributed by atoms with van der Waals surface area (Å²) in [5, 5.41) is 2.91. The molecule has 2 atom stereocenters. The zero-order valence-electron chi connectivity index (χ0n) is 17.9. The van der Waals surface area contributed by atoms with E-state index in [4.69, 9.17) is 0 Å². The highest BCUT2D eigenvalue weighted by Gasteiger charge is 2.26. The summed E-state index contributed by atoms with van der Waals surface area (Å²) in [6.07, 6.45) is 1.11. The highest BCUT2D eigenvalue weighted by atomic mass is 32.2. The van der Waals surface area contributed by atoms with Crippen molar-refractivity contribution in [3.63, 3.8) is 0 Å². The Morgan fingerprint density at radius 2 is 1.84 bits per heavy atom. The molecule has 0 radical (unpaired) electrons. The van der Waals surface area contributed by atoms with Crippen molar-refractivity contribution in [2.75, 3.05) is 0 Å². The quantitative estimate of drug-likeness (QED) is 0.522. The van der Waals surface area contributed by atoms with Crippen molar-refractivity contribution in [2.45, 2.75) is 62.7 Å². The number of hydrazine groups is 1. The normalized spacial score (nSPS) is 19.4. The predicted molar refractivity (Wildman–Crippen MR) is 117 cm³/mol. The zero-order chi connectivity index (χ0) is 22.6. The first-order valence-electron chi connectivity index (χ1n) is 10.2. The van der Waals surface area contributed by atoms with E-state index in [1.807, 2.05) is 6.07 Å². The van der Waals surface area contributed by atoms with Gasteiger partial charge in [0.2, 0.25) is 15.9 Å². The lowest BCUT2D eigenvalue weighted by Crippen LogP contribution is -2.44. The molecule has 2 unspecified atom stereocenters. The summed E-state index contributed by atoms with van der Waals surface area (Å²) in [4.78, 5) is 12.5. The average Bonchev–Trinajstić information content (AvgIpc) is 3.13. The van der Waals surface area contributed by atoms with Crippen LogP contribution >= 0.6 is 0 Å². The second kappa shape index (κ2) is 9.44. The molecule has 3 rings (SSSR count). The van der Waals surface area contributed by atoms with Gasteiger partial charge in [-0.05, 0) is 62.6 Å². The van der Waals surface area contributed by atoms with Crippen LogP contribution in [0.4, 0.5) is 4.39 Å². The van der Waals surface area contributed by atoms with Crippen LogP contribution < -0.4 is 20.9 Å². The Balaban J connectivity index is 1.48. The van der Waals surface area contributed by atoms with Crippen molar-refractivity contribution >= 4 is 15.9 Å². The van der Waals surface area contributed by atoms with Crippen LogP contribution in [0.25, 0.3) is 0 Å². The number of amides is 1. The molecule has 1 aliphatic rings. The van der Waals surface area contributed by atoms with Gasteiger partial charge in [0, 0.05) is 24.4 Å². The predicted octanol–water partition coefficient (Wildman–Crippen LogP) is 2.52. The average molecular weight is 449 g/mol. The largest absolute Gasteiger partial charge is 0.339 e. The summed E-state index contributed by atoms with van der Waals surface area (Å²) in [5.41, 5.74) is 7.22. The molecule has 0 aromatic heterocycles. The van der Waals surface area contributed by atoms with Gasteiger partial charge in [0.25, 0.3) is 0 Å². The first-order valence-corrected chi connectivity index (χ1v) is 11.7. The lowest BCUT2D eigenvalue weighted by Gasteiger charge is -2.20. The molecule has 1 fully saturated rings. The summed E-state index contributed by atoms with van der Waals surface area (Å²) >= 11 is 0. The molecule has 7 nitrogen and oxygen atoms in total. The molecule has 1 amide bonds. The molecule has 31 heavy (non-hydrogen) atoms. The van der Waals surface area contributed by atoms with Gasteiger partial charge in [-0.25, -0.2) is 28.4 Å². The minimum absolute atomic E-state index is 0.0859. The van der Waals surface area contributed by atoms with Gasteiger partial charge >= 0.3 is 0 Å². The molecule has 1 aliphatic heterocycles. The van der Waals surface area contributed by atoms with Gasteiger partial charge in [-0.1, -0.05) is 24.3 Å². The number of hydrogen-bond acceptors (Lipinski definition) is 5. The third-order valence-electron chi connectivity index (χ3n) is 4.80. The van der Waals surface area contributed by atoms with Gasteiger partial charge in [0.05, 0.1) is 11.1 Å². The van der Waals surface area contributed by atoms with E-state index in [0.29, 0.717) is 12.8 Å². The molecule has 0 saturated carbocycles. The number of carbonyl (C=O) groups excluding carboxylic acids is 1. The van der Waals surface area contributed by atoms with Crippen LogP contribution in [0.5, 0.6) is 0 Å². The van der Waals surface area contributed by atoms with Gasteiger partial charge in [-0.3, -0.25) is 4.79 Å². The number of hydrogen-bond donors (Lipinski definition) is 4. The van der Waals surface area contributed by atoms with E-state index < -0.39 is 15.6 Å². The third-order valence-corrected chi connectivity index (χ3v) is 6.58. The minimum atomic E-state index is -3.58. The van der Waals surface area contributed by atoms with E-state index in [1.54, 1.807) is 51.1 Å². The van der Waals surface area contributed by atoms with Crippen LogP contribution in [0.2, 0.25) is 0 Å². The van der Waals surface area contributed by atoms with E-state index >= 15 is 0 Å². The Morgan fingerprint density at radius 3 is 2.48 bits per heavy atom. The summed E-state index contributed by atoms with van der Waals surface area (Å²) in [6, 6.07) is 12.8. The van der Waals surface area contributed by atoms with Gasteiger partial charge < -0.3 is 5.32 Å². The van der Waals surface area contributed by atoms with Crippen LogP contribution in [-0.2, 0) is 21.2 Å². The minimum Gasteiger partial charge on any atom is -0.339 e. The van der Waals surface area contributed by atoms with Crippen LogP contribution in [0.1, 0.15) is 50.8 Å². The van der Waals surface area contributed by atoms with Crippen molar-refractivity contribution in [3.05, 3.63) is 65.5 Å². The Kier molecular flexibility index (Phi) is 7.10. The van der Waals surface area contributed by atoms with Gasteiger partial charge in [-0.2, -0.15) is 0 Å². The number of halogens is 1. The molecular formula is C22H29FN4O3S. The number of carbonyl (C=O) groups is 1. The highest BCUT2D eigenvalue weighted by Crippen LogP contribution is 2.22. The van der Waals surface area contributed by atoms with E-state index in [2.05, 4.69) is 20.9 Å². The Labute approximate surface area is 182 Å². The molecule has 1 saturated heterocycles. The number of aryl methyl sites for hydroxylation is 1. The molecular weight excluding hydrogens is 419 g/mol. The summed E-state index contributed by atoms with van der Waals surface area (Å²) in [7, 11) is -3.58. The maximum absolute atomic E-state index is 13.4. The maximum atomic E-state index is 13.4. The first-order chi connectivity index (χ1) is 14.5. The van der Waals surface area contributed by atoms with Crippen LogP contribution in [0.15, 0.2) is 53.4 Å². The maximum Gasteiger partial charge on any atom is 0.241 e. The summed E-state index contributed by atoms with van der Waals surface area (Å²) < 4.78 is 40.7. The van der Waals surface area contributed by atoms with E-state index in [-0.39, 0.29) is 35.2 Å². The highest BCUT2D eigenvalue weighted by molar-refractivity contribution is 7.89. The van der Waals surface area contributed by atoms with E-state index in [9.17, 15) is 17.6 Å². The molecule has 168 valence electrons. The molecule has 0 aliphatic carbocycles. The monoisotopic (exact) mass is 448 g/mol. The van der Waals surface area contributed by atoms with Crippen molar-refractivity contribution in [3.8, 4) is 0 Å². The molecule has 0 bridgehead atoms. The molecule has 2 aromatic rings. The van der Waals surface area contributed by atoms with E-state index in [0.717, 1.165) is 11.1 Å². The molecule has 4 N–H and O–H groups in total. The van der Waals surface area contributed by atoms with Crippen molar-refractivity contribution < 1.29 is 17.6 Å². The van der Waals surface area contributed by atoms with Crippen molar-refractivity contribution in [1.29, 1.82) is 0 Å². The Hall–Kier alpha value is -2.33. The smallest absolute Gasteiger partial charge is 0.241 e. The molecule has 0 spiro atoms. The zero-order valence-corrected chi connectivity index (χ0v) is 18.7. The molecule has 9 heteroatoms.